The number of hydrogen-bond acceptors (Lipinski definition) is 3. The van der Waals surface area contributed by atoms with Crippen LogP contribution in [0.25, 0.3) is 72.4 Å². The van der Waals surface area contributed by atoms with Gasteiger partial charge in [-0.15, -0.1) is 0 Å². The molecule has 0 bridgehead atoms. The van der Waals surface area contributed by atoms with Gasteiger partial charge >= 0.3 is 0 Å². The number of nitrogens with zero attached hydrogens (tertiary/aromatic N) is 3. The number of phenols is 1. The average molecular weight is 832 g/mol. The highest BCUT2D eigenvalue weighted by Crippen LogP contribution is 2.45. The van der Waals surface area contributed by atoms with Crippen LogP contribution in [0.15, 0.2) is 115 Å². The highest BCUT2D eigenvalue weighted by atomic mass is 16.3. The first-order chi connectivity index (χ1) is 29.4. The zero-order valence-electron chi connectivity index (χ0n) is 40.3. The van der Waals surface area contributed by atoms with Crippen molar-refractivity contribution in [3.63, 3.8) is 0 Å². The lowest BCUT2D eigenvalue weighted by molar-refractivity contribution is 0.475. The number of imidazole rings is 1. The van der Waals surface area contributed by atoms with E-state index in [4.69, 9.17) is 9.97 Å². The Morgan fingerprint density at radius 3 is 1.70 bits per heavy atom. The van der Waals surface area contributed by atoms with Crippen LogP contribution in [0, 0.1) is 20.8 Å². The Hall–Kier alpha value is -6.00. The van der Waals surface area contributed by atoms with E-state index >= 15 is 0 Å². The number of aromatic hydroxyl groups is 1. The molecule has 63 heavy (non-hydrogen) atoms. The number of aromatic nitrogens is 3. The minimum absolute atomic E-state index is 0.0117. The highest BCUT2D eigenvalue weighted by molar-refractivity contribution is 6.02. The fourth-order valence-corrected chi connectivity index (χ4v) is 9.35. The Balaban J connectivity index is 1.52. The molecule has 0 saturated heterocycles. The van der Waals surface area contributed by atoms with Crippen LogP contribution in [0.5, 0.6) is 5.75 Å². The molecule has 0 amide bonds. The maximum Gasteiger partial charge on any atom is 0.149 e. The lowest BCUT2D eigenvalue weighted by atomic mass is 9.81. The number of phenolic OH excluding ortho intramolecular Hbond substituents is 1. The summed E-state index contributed by atoms with van der Waals surface area (Å²) in [5.74, 6) is 0.904. The molecule has 8 rings (SSSR count). The third kappa shape index (κ3) is 8.21. The molecular weight excluding hydrogens is 767 g/mol. The van der Waals surface area contributed by atoms with E-state index in [2.05, 4.69) is 205 Å². The van der Waals surface area contributed by atoms with Crippen molar-refractivity contribution in [1.82, 2.24) is 14.5 Å². The van der Waals surface area contributed by atoms with Crippen molar-refractivity contribution in [3.8, 4) is 56.2 Å². The zero-order valence-corrected chi connectivity index (χ0v) is 40.3. The topological polar surface area (TPSA) is 50.9 Å². The van der Waals surface area contributed by atoms with Crippen molar-refractivity contribution < 1.29 is 5.11 Å². The van der Waals surface area contributed by atoms with Gasteiger partial charge in [0.25, 0.3) is 0 Å². The smallest absolute Gasteiger partial charge is 0.149 e. The van der Waals surface area contributed by atoms with Gasteiger partial charge in [0.1, 0.15) is 11.6 Å². The van der Waals surface area contributed by atoms with Crippen molar-refractivity contribution in [3.05, 3.63) is 154 Å². The van der Waals surface area contributed by atoms with E-state index in [-0.39, 0.29) is 27.4 Å². The van der Waals surface area contributed by atoms with Gasteiger partial charge in [0.05, 0.1) is 22.1 Å². The van der Waals surface area contributed by atoms with Crippen molar-refractivity contribution in [1.29, 1.82) is 0 Å². The van der Waals surface area contributed by atoms with Gasteiger partial charge in [0, 0.05) is 28.4 Å². The van der Waals surface area contributed by atoms with Crippen molar-refractivity contribution in [2.24, 2.45) is 0 Å². The molecule has 0 unspecified atom stereocenters. The summed E-state index contributed by atoms with van der Waals surface area (Å²) in [4.78, 5) is 10.7. The van der Waals surface area contributed by atoms with Gasteiger partial charge in [0.15, 0.2) is 0 Å². The lowest BCUT2D eigenvalue weighted by Crippen LogP contribution is -2.12. The second-order valence-corrected chi connectivity index (χ2v) is 22.1. The summed E-state index contributed by atoms with van der Waals surface area (Å²) in [6, 6.07) is 40.0. The summed E-state index contributed by atoms with van der Waals surface area (Å²) < 4.78 is 2.27. The summed E-state index contributed by atoms with van der Waals surface area (Å²) in [5, 5.41) is 13.0. The summed E-state index contributed by atoms with van der Waals surface area (Å²) in [6.45, 7) is 33.7. The number of pyridine rings is 1. The minimum atomic E-state index is -0.154. The van der Waals surface area contributed by atoms with Gasteiger partial charge < -0.3 is 5.11 Å². The zero-order chi connectivity index (χ0) is 45.6. The summed E-state index contributed by atoms with van der Waals surface area (Å²) in [7, 11) is 0. The first-order valence-electron chi connectivity index (χ1n) is 22.5. The van der Waals surface area contributed by atoms with E-state index < -0.39 is 0 Å². The van der Waals surface area contributed by atoms with Crippen LogP contribution in [0.3, 0.4) is 0 Å². The van der Waals surface area contributed by atoms with Crippen molar-refractivity contribution >= 4 is 21.9 Å². The molecule has 4 nitrogen and oxygen atoms in total. The Morgan fingerprint density at radius 1 is 0.492 bits per heavy atom. The van der Waals surface area contributed by atoms with E-state index in [9.17, 15) is 5.11 Å². The predicted octanol–water partition coefficient (Wildman–Crippen LogP) is 16.1. The Kier molecular flexibility index (Phi) is 10.6. The quantitative estimate of drug-likeness (QED) is 0.188. The fraction of sp³-hybridized carbons (Fsp3) is 0.322. The minimum Gasteiger partial charge on any atom is -0.507 e. The van der Waals surface area contributed by atoms with E-state index in [1.54, 1.807) is 0 Å². The second-order valence-electron chi connectivity index (χ2n) is 22.1. The van der Waals surface area contributed by atoms with Crippen LogP contribution in [-0.4, -0.2) is 19.6 Å². The number of rotatable bonds is 5. The monoisotopic (exact) mass is 832 g/mol. The molecule has 0 aliphatic rings. The number of hydrogen-bond donors (Lipinski definition) is 1. The molecule has 6 aromatic carbocycles. The van der Waals surface area contributed by atoms with Crippen LogP contribution in [0.2, 0.25) is 0 Å². The van der Waals surface area contributed by atoms with Gasteiger partial charge in [-0.3, -0.25) is 9.55 Å². The lowest BCUT2D eigenvalue weighted by Gasteiger charge is -2.24. The normalized spacial score (nSPS) is 12.7. The van der Waals surface area contributed by atoms with Crippen LogP contribution >= 0.6 is 0 Å². The molecule has 8 aromatic rings. The first kappa shape index (κ1) is 43.6. The molecule has 2 aromatic heterocycles. The second kappa shape index (κ2) is 15.4. The molecule has 4 heteroatoms. The summed E-state index contributed by atoms with van der Waals surface area (Å²) in [5.41, 5.74) is 19.5. The number of fused-ring (bicyclic) bond motifs is 2. The average Bonchev–Trinajstić information content (AvgIpc) is 3.57. The molecule has 322 valence electrons. The molecule has 0 radical (unpaired) electrons. The Bertz CT molecular complexity index is 3040. The summed E-state index contributed by atoms with van der Waals surface area (Å²) in [6.07, 6.45) is 1.96. The molecule has 0 fully saturated rings. The number of aryl methyl sites for hydroxylation is 3. The van der Waals surface area contributed by atoms with Crippen LogP contribution in [0.4, 0.5) is 0 Å². The SMILES string of the molecule is Cc1cc(C)c(-c2cc(-c3cc(-c4cccc5c(C(C)(C)C)ccnc45)cc(C(C)(C)C)c3)c3nc(-c4cc(C(C)(C)C)ccc4O)n(-c4ccc(C(C)(C)C)cc4)c3c2)c(C)c1. The van der Waals surface area contributed by atoms with Crippen LogP contribution in [-0.2, 0) is 21.7 Å². The van der Waals surface area contributed by atoms with E-state index in [0.29, 0.717) is 11.4 Å². The number of benzene rings is 6. The third-order valence-electron chi connectivity index (χ3n) is 12.8. The van der Waals surface area contributed by atoms with Gasteiger partial charge in [0.2, 0.25) is 0 Å². The predicted molar refractivity (Wildman–Crippen MR) is 269 cm³/mol. The largest absolute Gasteiger partial charge is 0.507 e. The molecule has 0 aliphatic carbocycles. The summed E-state index contributed by atoms with van der Waals surface area (Å²) >= 11 is 0. The van der Waals surface area contributed by atoms with E-state index in [1.807, 2.05) is 18.3 Å². The van der Waals surface area contributed by atoms with Crippen molar-refractivity contribution in [2.75, 3.05) is 0 Å². The molecule has 1 N–H and O–H groups in total. The third-order valence-corrected chi connectivity index (χ3v) is 12.8. The van der Waals surface area contributed by atoms with Crippen LogP contribution in [0.1, 0.15) is 122 Å². The highest BCUT2D eigenvalue weighted by Gasteiger charge is 2.27. The molecular formula is C59H65N3O. The van der Waals surface area contributed by atoms with Gasteiger partial charge in [-0.25, -0.2) is 4.98 Å². The fourth-order valence-electron chi connectivity index (χ4n) is 9.35. The molecule has 0 saturated carbocycles. The van der Waals surface area contributed by atoms with Gasteiger partial charge in [-0.2, -0.15) is 0 Å². The maximum absolute atomic E-state index is 11.8. The standard InChI is InChI=1S/C59H65N3O/c1-35-27-36(2)52(37(3)28-35)40-32-47(39-29-38(30-43(31-39)58(10,11)12)45-17-16-18-46-49(59(13,14)15)25-26-60-53(45)46)54-50(33-40)62(44-22-19-41(20-23-44)56(4,5)6)55(61-54)48-34-42(57(7,8)9)21-24-51(48)63/h16-34,63H,1-15H3. The van der Waals surface area contributed by atoms with Crippen LogP contribution < -0.4 is 0 Å². The van der Waals surface area contributed by atoms with Crippen molar-refractivity contribution in [2.45, 2.75) is 126 Å². The van der Waals surface area contributed by atoms with E-state index in [0.717, 1.165) is 55.6 Å². The first-order valence-corrected chi connectivity index (χ1v) is 22.5. The van der Waals surface area contributed by atoms with Gasteiger partial charge in [-0.1, -0.05) is 149 Å². The maximum atomic E-state index is 11.8. The Labute approximate surface area is 376 Å². The Morgan fingerprint density at radius 2 is 1.10 bits per heavy atom. The molecule has 0 aliphatic heterocycles. The number of para-hydroxylation sites is 1. The molecule has 2 heterocycles. The van der Waals surface area contributed by atoms with E-state index in [1.165, 1.54) is 44.3 Å². The molecule has 0 spiro atoms. The molecule has 0 atom stereocenters. The van der Waals surface area contributed by atoms with Gasteiger partial charge in [-0.05, 0) is 147 Å².